The minimum atomic E-state index is -3.39. The Morgan fingerprint density at radius 1 is 1.50 bits per heavy atom. The van der Waals surface area contributed by atoms with E-state index in [0.717, 1.165) is 43.0 Å². The van der Waals surface area contributed by atoms with E-state index in [1.807, 2.05) is 11.8 Å². The normalized spacial score (nSPS) is 20.1. The summed E-state index contributed by atoms with van der Waals surface area (Å²) in [4.78, 5) is 3.36. The van der Waals surface area contributed by atoms with Crippen molar-refractivity contribution >= 4 is 21.8 Å². The summed E-state index contributed by atoms with van der Waals surface area (Å²) < 4.78 is 27.4. The van der Waals surface area contributed by atoms with E-state index < -0.39 is 10.0 Å². The summed E-state index contributed by atoms with van der Waals surface area (Å²) >= 11 is 1.81. The Morgan fingerprint density at radius 3 is 3.05 bits per heavy atom. The van der Waals surface area contributed by atoms with E-state index in [9.17, 15) is 8.42 Å². The number of thioether (sulfide) groups is 1. The van der Waals surface area contributed by atoms with Crippen LogP contribution in [0.4, 0.5) is 0 Å². The second kappa shape index (κ2) is 7.49. The summed E-state index contributed by atoms with van der Waals surface area (Å²) in [5, 5.41) is 3.25. The molecule has 0 saturated carbocycles. The molecule has 0 bridgehead atoms. The van der Waals surface area contributed by atoms with Gasteiger partial charge in [-0.2, -0.15) is 11.8 Å². The van der Waals surface area contributed by atoms with Crippen LogP contribution in [-0.4, -0.2) is 37.5 Å². The predicted molar refractivity (Wildman–Crippen MR) is 83.5 cm³/mol. The molecule has 0 amide bonds. The second-order valence-corrected chi connectivity index (χ2v) is 7.94. The molecule has 20 heavy (non-hydrogen) atoms. The summed E-state index contributed by atoms with van der Waals surface area (Å²) in [7, 11) is -3.39. The minimum absolute atomic E-state index is 0.0651. The van der Waals surface area contributed by atoms with Gasteiger partial charge in [-0.05, 0) is 37.6 Å². The number of rotatable bonds is 7. The average molecular weight is 317 g/mol. The largest absolute Gasteiger partial charge is 0.363 e. The zero-order valence-corrected chi connectivity index (χ0v) is 13.4. The lowest BCUT2D eigenvalue weighted by atomic mass is 10.2. The van der Waals surface area contributed by atoms with Gasteiger partial charge >= 0.3 is 0 Å². The van der Waals surface area contributed by atoms with Crippen LogP contribution >= 0.6 is 11.8 Å². The molecule has 114 valence electrons. The summed E-state index contributed by atoms with van der Waals surface area (Å²) in [5.74, 6) is 2.00. The fourth-order valence-electron chi connectivity index (χ4n) is 2.20. The maximum Gasteiger partial charge on any atom is 0.242 e. The zero-order chi connectivity index (χ0) is 14.4. The molecular formula is C13H23N3O2S2. The maximum atomic E-state index is 12.3. The molecule has 1 aromatic rings. The van der Waals surface area contributed by atoms with Crippen LogP contribution in [0.1, 0.15) is 31.9 Å². The first-order chi connectivity index (χ1) is 9.62. The molecular weight excluding hydrogens is 294 g/mol. The summed E-state index contributed by atoms with van der Waals surface area (Å²) in [6.45, 7) is 3.70. The van der Waals surface area contributed by atoms with Crippen molar-refractivity contribution in [3.05, 3.63) is 18.0 Å². The third-order valence-electron chi connectivity index (χ3n) is 3.25. The summed E-state index contributed by atoms with van der Waals surface area (Å²) in [6.07, 6.45) is 4.65. The molecule has 0 aromatic carbocycles. The Bertz CT molecular complexity index is 507. The molecule has 1 aromatic heterocycles. The maximum absolute atomic E-state index is 12.3. The van der Waals surface area contributed by atoms with Crippen molar-refractivity contribution < 1.29 is 8.42 Å². The Balaban J connectivity index is 1.94. The molecule has 0 aliphatic carbocycles. The monoisotopic (exact) mass is 317 g/mol. The van der Waals surface area contributed by atoms with Crippen LogP contribution in [0.2, 0.25) is 0 Å². The first-order valence-corrected chi connectivity index (χ1v) is 9.73. The smallest absolute Gasteiger partial charge is 0.242 e. The van der Waals surface area contributed by atoms with Crippen LogP contribution in [0.3, 0.4) is 0 Å². The molecule has 0 radical (unpaired) electrons. The van der Waals surface area contributed by atoms with E-state index in [1.54, 1.807) is 12.3 Å². The van der Waals surface area contributed by atoms with Crippen molar-refractivity contribution in [2.45, 2.75) is 43.7 Å². The first-order valence-electron chi connectivity index (χ1n) is 7.10. The summed E-state index contributed by atoms with van der Waals surface area (Å²) in [5.41, 5.74) is 0.900. The second-order valence-electron chi connectivity index (χ2n) is 5.07. The van der Waals surface area contributed by atoms with Gasteiger partial charge in [0, 0.05) is 30.2 Å². The Hall–Kier alpha value is -0.500. The van der Waals surface area contributed by atoms with Gasteiger partial charge < -0.3 is 10.3 Å². The lowest BCUT2D eigenvalue weighted by Gasteiger charge is -2.21. The van der Waals surface area contributed by atoms with Crippen molar-refractivity contribution in [2.75, 3.05) is 18.1 Å². The highest BCUT2D eigenvalue weighted by atomic mass is 32.2. The molecule has 3 N–H and O–H groups in total. The van der Waals surface area contributed by atoms with Gasteiger partial charge in [0.05, 0.1) is 4.90 Å². The number of H-pyrrole nitrogens is 1. The van der Waals surface area contributed by atoms with Crippen LogP contribution < -0.4 is 10.0 Å². The molecule has 1 aliphatic heterocycles. The number of nitrogens with one attached hydrogen (secondary N) is 3. The first kappa shape index (κ1) is 15.9. The van der Waals surface area contributed by atoms with Gasteiger partial charge in [0.2, 0.25) is 10.0 Å². The molecule has 1 saturated heterocycles. The zero-order valence-electron chi connectivity index (χ0n) is 11.8. The number of aromatic nitrogens is 1. The van der Waals surface area contributed by atoms with Gasteiger partial charge in [0.25, 0.3) is 0 Å². The predicted octanol–water partition coefficient (Wildman–Crippen LogP) is 1.69. The molecule has 0 spiro atoms. The molecule has 5 nitrogen and oxygen atoms in total. The fraction of sp³-hybridized carbons (Fsp3) is 0.692. The van der Waals surface area contributed by atoms with E-state index in [4.69, 9.17) is 0 Å². The van der Waals surface area contributed by atoms with Crippen molar-refractivity contribution in [3.63, 3.8) is 0 Å². The van der Waals surface area contributed by atoms with Crippen LogP contribution in [0.5, 0.6) is 0 Å². The van der Waals surface area contributed by atoms with Crippen molar-refractivity contribution in [1.29, 1.82) is 0 Å². The van der Waals surface area contributed by atoms with E-state index in [2.05, 4.69) is 21.9 Å². The molecule has 1 fully saturated rings. The van der Waals surface area contributed by atoms with Gasteiger partial charge in [-0.1, -0.05) is 6.92 Å². The lowest BCUT2D eigenvalue weighted by molar-refractivity contribution is 0.543. The van der Waals surface area contributed by atoms with Crippen LogP contribution in [0.15, 0.2) is 17.2 Å². The van der Waals surface area contributed by atoms with Crippen LogP contribution in [0, 0.1) is 0 Å². The number of hydrogen-bond acceptors (Lipinski definition) is 4. The van der Waals surface area contributed by atoms with Gasteiger partial charge in [0.15, 0.2) is 0 Å². The van der Waals surface area contributed by atoms with Gasteiger partial charge in [0.1, 0.15) is 0 Å². The molecule has 7 heteroatoms. The molecule has 2 heterocycles. The van der Waals surface area contributed by atoms with Crippen molar-refractivity contribution in [3.8, 4) is 0 Å². The van der Waals surface area contributed by atoms with Gasteiger partial charge in [-0.25, -0.2) is 13.1 Å². The third-order valence-corrected chi connectivity index (χ3v) is 5.97. The van der Waals surface area contributed by atoms with E-state index in [1.165, 1.54) is 0 Å². The molecule has 1 unspecified atom stereocenters. The van der Waals surface area contributed by atoms with E-state index >= 15 is 0 Å². The highest BCUT2D eigenvalue weighted by Gasteiger charge is 2.22. The Labute approximate surface area is 125 Å². The minimum Gasteiger partial charge on any atom is -0.363 e. The number of aromatic amines is 1. The lowest BCUT2D eigenvalue weighted by Crippen LogP contribution is -2.38. The van der Waals surface area contributed by atoms with Gasteiger partial charge in [-0.15, -0.1) is 0 Å². The molecule has 1 atom stereocenters. The Kier molecular flexibility index (Phi) is 5.95. The molecule has 1 aliphatic rings. The average Bonchev–Trinajstić information content (AvgIpc) is 2.89. The highest BCUT2D eigenvalue weighted by molar-refractivity contribution is 7.99. The van der Waals surface area contributed by atoms with Crippen molar-refractivity contribution in [1.82, 2.24) is 15.0 Å². The van der Waals surface area contributed by atoms with Crippen LogP contribution in [-0.2, 0) is 16.6 Å². The summed E-state index contributed by atoms with van der Waals surface area (Å²) in [6, 6.07) is 1.77. The highest BCUT2D eigenvalue weighted by Crippen LogP contribution is 2.19. The van der Waals surface area contributed by atoms with E-state index in [0.29, 0.717) is 11.4 Å². The van der Waals surface area contributed by atoms with Crippen molar-refractivity contribution in [2.24, 2.45) is 0 Å². The fourth-order valence-corrected chi connectivity index (χ4v) is 4.66. The van der Waals surface area contributed by atoms with Gasteiger partial charge in [-0.3, -0.25) is 0 Å². The molecule has 2 rings (SSSR count). The quantitative estimate of drug-likeness (QED) is 0.669. The Morgan fingerprint density at radius 2 is 2.35 bits per heavy atom. The third kappa shape index (κ3) is 4.51. The number of sulfonamides is 1. The topological polar surface area (TPSA) is 74.0 Å². The van der Waals surface area contributed by atoms with Crippen LogP contribution in [0.25, 0.3) is 0 Å². The number of hydrogen-bond donors (Lipinski definition) is 3. The standard InChI is InChI=1S/C13H23N3O2S2/c1-2-5-14-8-12-7-13(9-15-12)20(17,18)16-11-4-3-6-19-10-11/h7,9,11,14-16H,2-6,8,10H2,1H3. The van der Waals surface area contributed by atoms with E-state index in [-0.39, 0.29) is 6.04 Å². The SMILES string of the molecule is CCCNCc1cc(S(=O)(=O)NC2CCCSC2)c[nH]1.